The first kappa shape index (κ1) is 9.77. The van der Waals surface area contributed by atoms with Gasteiger partial charge in [-0.3, -0.25) is 10.1 Å². The monoisotopic (exact) mass is 202 g/mol. The zero-order valence-corrected chi connectivity index (χ0v) is 7.00. The van der Waals surface area contributed by atoms with Crippen molar-refractivity contribution >= 4 is 11.5 Å². The summed E-state index contributed by atoms with van der Waals surface area (Å²) in [5, 5.41) is 24.6. The van der Waals surface area contributed by atoms with Crippen LogP contribution in [0.4, 0.5) is 5.69 Å². The summed E-state index contributed by atoms with van der Waals surface area (Å²) in [6, 6.07) is 0. The fourth-order valence-electron chi connectivity index (χ4n) is 0.779. The Morgan fingerprint density at radius 3 is 2.93 bits per heavy atom. The first-order valence-electron chi connectivity index (χ1n) is 3.27. The molecule has 1 aromatic rings. The SMILES string of the molecule is COc1noc(/C(N)=N\O)c1[N+](=O)[O-]. The number of methoxy groups -OCH3 is 1. The number of ether oxygens (including phenoxy) is 1. The second kappa shape index (κ2) is 3.60. The summed E-state index contributed by atoms with van der Waals surface area (Å²) in [6.07, 6.45) is 0. The molecule has 0 aliphatic rings. The standard InChI is InChI=1S/C5H6N4O5/c1-13-5-2(9(11)12)3(14-8-5)4(6)7-10/h10H,1H3,(H2,6,7). The summed E-state index contributed by atoms with van der Waals surface area (Å²) in [6.45, 7) is 0. The Labute approximate surface area is 76.9 Å². The van der Waals surface area contributed by atoms with Gasteiger partial charge in [0.1, 0.15) is 0 Å². The Hall–Kier alpha value is -2.32. The number of nitro groups is 1. The van der Waals surface area contributed by atoms with Crippen LogP contribution >= 0.6 is 0 Å². The predicted molar refractivity (Wildman–Crippen MR) is 42.2 cm³/mol. The van der Waals surface area contributed by atoms with Gasteiger partial charge in [0, 0.05) is 0 Å². The molecular weight excluding hydrogens is 196 g/mol. The van der Waals surface area contributed by atoms with Crippen LogP contribution in [0.2, 0.25) is 0 Å². The van der Waals surface area contributed by atoms with Gasteiger partial charge in [-0.1, -0.05) is 5.16 Å². The van der Waals surface area contributed by atoms with Gasteiger partial charge >= 0.3 is 11.6 Å². The lowest BCUT2D eigenvalue weighted by molar-refractivity contribution is -0.386. The van der Waals surface area contributed by atoms with Crippen molar-refractivity contribution in [2.75, 3.05) is 7.11 Å². The van der Waals surface area contributed by atoms with Gasteiger partial charge in [0.25, 0.3) is 5.76 Å². The minimum Gasteiger partial charge on any atom is -0.474 e. The fraction of sp³-hybridized carbons (Fsp3) is 0.200. The van der Waals surface area contributed by atoms with Crippen LogP contribution < -0.4 is 10.5 Å². The smallest absolute Gasteiger partial charge is 0.382 e. The molecule has 0 amide bonds. The lowest BCUT2D eigenvalue weighted by Crippen LogP contribution is -2.13. The molecule has 0 saturated carbocycles. The van der Waals surface area contributed by atoms with Crippen LogP contribution in [0.25, 0.3) is 0 Å². The maximum Gasteiger partial charge on any atom is 0.382 e. The van der Waals surface area contributed by atoms with Crippen LogP contribution in [0.3, 0.4) is 0 Å². The molecule has 0 unspecified atom stereocenters. The number of oxime groups is 1. The molecule has 0 aromatic carbocycles. The van der Waals surface area contributed by atoms with Gasteiger partial charge in [0.2, 0.25) is 5.84 Å². The molecule has 0 aliphatic heterocycles. The molecule has 1 aromatic heterocycles. The third kappa shape index (κ3) is 1.42. The van der Waals surface area contributed by atoms with Crippen LogP contribution in [0.5, 0.6) is 5.88 Å². The quantitative estimate of drug-likeness (QED) is 0.225. The van der Waals surface area contributed by atoms with Gasteiger partial charge in [-0.15, -0.1) is 0 Å². The molecule has 3 N–H and O–H groups in total. The fourth-order valence-corrected chi connectivity index (χ4v) is 0.779. The van der Waals surface area contributed by atoms with Crippen molar-refractivity contribution < 1.29 is 19.4 Å². The minimum atomic E-state index is -0.803. The van der Waals surface area contributed by atoms with Crippen molar-refractivity contribution in [3.63, 3.8) is 0 Å². The average Bonchev–Trinajstić information content (AvgIpc) is 2.59. The number of amidine groups is 1. The lowest BCUT2D eigenvalue weighted by Gasteiger charge is -1.92. The largest absolute Gasteiger partial charge is 0.474 e. The van der Waals surface area contributed by atoms with E-state index in [4.69, 9.17) is 10.9 Å². The van der Waals surface area contributed by atoms with Gasteiger partial charge < -0.3 is 20.2 Å². The van der Waals surface area contributed by atoms with E-state index in [9.17, 15) is 10.1 Å². The van der Waals surface area contributed by atoms with E-state index in [0.717, 1.165) is 0 Å². The zero-order chi connectivity index (χ0) is 10.7. The molecule has 14 heavy (non-hydrogen) atoms. The lowest BCUT2D eigenvalue weighted by atomic mass is 10.3. The highest BCUT2D eigenvalue weighted by Crippen LogP contribution is 2.29. The van der Waals surface area contributed by atoms with Gasteiger partial charge in [-0.2, -0.15) is 0 Å². The Balaban J connectivity index is 3.31. The second-order valence-electron chi connectivity index (χ2n) is 2.11. The summed E-state index contributed by atoms with van der Waals surface area (Å²) in [5.41, 5.74) is 4.53. The number of hydrogen-bond acceptors (Lipinski definition) is 7. The normalized spacial score (nSPS) is 11.4. The molecule has 1 rings (SSSR count). The number of nitrogens with two attached hydrogens (primary N) is 1. The van der Waals surface area contributed by atoms with Crippen molar-refractivity contribution in [2.45, 2.75) is 0 Å². The summed E-state index contributed by atoms with van der Waals surface area (Å²) in [4.78, 5) is 9.71. The van der Waals surface area contributed by atoms with E-state index in [-0.39, 0.29) is 5.88 Å². The minimum absolute atomic E-state index is 0.336. The molecule has 1 heterocycles. The molecule has 0 radical (unpaired) electrons. The molecule has 9 nitrogen and oxygen atoms in total. The highest BCUT2D eigenvalue weighted by atomic mass is 16.6. The van der Waals surface area contributed by atoms with Gasteiger partial charge in [-0.25, -0.2) is 0 Å². The third-order valence-electron chi connectivity index (χ3n) is 1.35. The molecule has 9 heteroatoms. The van der Waals surface area contributed by atoms with Gasteiger partial charge in [0.05, 0.1) is 12.0 Å². The summed E-state index contributed by atoms with van der Waals surface area (Å²) >= 11 is 0. The molecule has 0 aliphatic carbocycles. The average molecular weight is 202 g/mol. The third-order valence-corrected chi connectivity index (χ3v) is 1.35. The maximum atomic E-state index is 10.5. The predicted octanol–water partition coefficient (Wildman–Crippen LogP) is -0.314. The van der Waals surface area contributed by atoms with E-state index < -0.39 is 22.2 Å². The van der Waals surface area contributed by atoms with Crippen molar-refractivity contribution in [2.24, 2.45) is 10.9 Å². The maximum absolute atomic E-state index is 10.5. The second-order valence-corrected chi connectivity index (χ2v) is 2.11. The highest BCUT2D eigenvalue weighted by molar-refractivity contribution is 5.98. The Morgan fingerprint density at radius 2 is 2.50 bits per heavy atom. The van der Waals surface area contributed by atoms with E-state index in [0.29, 0.717) is 0 Å². The number of aromatic nitrogens is 1. The van der Waals surface area contributed by atoms with Crippen molar-refractivity contribution in [3.8, 4) is 5.88 Å². The molecule has 0 saturated heterocycles. The molecule has 76 valence electrons. The van der Waals surface area contributed by atoms with Gasteiger partial charge in [0.15, 0.2) is 0 Å². The first-order chi connectivity index (χ1) is 6.61. The van der Waals surface area contributed by atoms with Crippen LogP contribution in [-0.2, 0) is 0 Å². The molecule has 0 atom stereocenters. The molecule has 0 bridgehead atoms. The Bertz CT molecular complexity index is 383. The summed E-state index contributed by atoms with van der Waals surface area (Å²) < 4.78 is 9.01. The van der Waals surface area contributed by atoms with Crippen LogP contribution in [0.15, 0.2) is 9.68 Å². The van der Waals surface area contributed by atoms with Gasteiger partial charge in [-0.05, 0) is 5.16 Å². The molecule has 0 spiro atoms. The number of rotatable bonds is 3. The summed E-state index contributed by atoms with van der Waals surface area (Å²) in [5.74, 6) is -1.33. The molecular formula is C5H6N4O5. The summed E-state index contributed by atoms with van der Waals surface area (Å²) in [7, 11) is 1.18. The van der Waals surface area contributed by atoms with E-state index in [1.165, 1.54) is 7.11 Å². The Kier molecular flexibility index (Phi) is 2.51. The van der Waals surface area contributed by atoms with Crippen LogP contribution in [0, 0.1) is 10.1 Å². The van der Waals surface area contributed by atoms with E-state index in [1.54, 1.807) is 0 Å². The van der Waals surface area contributed by atoms with Crippen molar-refractivity contribution in [3.05, 3.63) is 15.9 Å². The van der Waals surface area contributed by atoms with E-state index in [2.05, 4.69) is 19.6 Å². The van der Waals surface area contributed by atoms with Crippen molar-refractivity contribution in [1.29, 1.82) is 0 Å². The molecule has 0 fully saturated rings. The van der Waals surface area contributed by atoms with Crippen LogP contribution in [-0.4, -0.2) is 28.2 Å². The zero-order valence-electron chi connectivity index (χ0n) is 7.00. The van der Waals surface area contributed by atoms with E-state index in [1.807, 2.05) is 0 Å². The van der Waals surface area contributed by atoms with E-state index >= 15 is 0 Å². The first-order valence-corrected chi connectivity index (χ1v) is 3.27. The number of nitrogens with zero attached hydrogens (tertiary/aromatic N) is 3. The van der Waals surface area contributed by atoms with Crippen LogP contribution in [0.1, 0.15) is 5.76 Å². The Morgan fingerprint density at radius 1 is 1.86 bits per heavy atom. The highest BCUT2D eigenvalue weighted by Gasteiger charge is 2.30. The topological polar surface area (TPSA) is 137 Å². The number of hydrogen-bond donors (Lipinski definition) is 2. The van der Waals surface area contributed by atoms with Crippen molar-refractivity contribution in [1.82, 2.24) is 5.16 Å².